The van der Waals surface area contributed by atoms with E-state index in [0.29, 0.717) is 5.69 Å². The molecule has 0 saturated heterocycles. The Morgan fingerprint density at radius 1 is 1.44 bits per heavy atom. The molecule has 0 bridgehead atoms. The molecule has 4 nitrogen and oxygen atoms in total. The van der Waals surface area contributed by atoms with Crippen LogP contribution in [0.15, 0.2) is 28.7 Å². The van der Waals surface area contributed by atoms with Gasteiger partial charge in [-0.25, -0.2) is 0 Å². The summed E-state index contributed by atoms with van der Waals surface area (Å²) in [6.07, 6.45) is -0.795. The Bertz CT molecular complexity index is 406. The van der Waals surface area contributed by atoms with E-state index >= 15 is 0 Å². The molecular formula is C11H12BrNO3. The van der Waals surface area contributed by atoms with Gasteiger partial charge in [0.1, 0.15) is 0 Å². The van der Waals surface area contributed by atoms with E-state index in [1.54, 1.807) is 18.2 Å². The SMILES string of the molecule is CC(=O)O[C@H](C)C(=O)Nc1cccc(Br)c1. The van der Waals surface area contributed by atoms with Gasteiger partial charge in [0.25, 0.3) is 5.91 Å². The number of anilines is 1. The Hall–Kier alpha value is -1.36. The molecule has 1 rings (SSSR count). The zero-order valence-electron chi connectivity index (χ0n) is 8.99. The van der Waals surface area contributed by atoms with Crippen molar-refractivity contribution in [3.8, 4) is 0 Å². The number of esters is 1. The fourth-order valence-corrected chi connectivity index (χ4v) is 1.51. The molecule has 86 valence electrons. The number of carbonyl (C=O) groups excluding carboxylic acids is 2. The predicted molar refractivity (Wildman–Crippen MR) is 64.0 cm³/mol. The largest absolute Gasteiger partial charge is 0.453 e. The minimum absolute atomic E-state index is 0.353. The van der Waals surface area contributed by atoms with Crippen molar-refractivity contribution in [2.75, 3.05) is 5.32 Å². The number of amides is 1. The molecule has 1 atom stereocenters. The highest BCUT2D eigenvalue weighted by atomic mass is 79.9. The lowest BCUT2D eigenvalue weighted by atomic mass is 10.3. The maximum Gasteiger partial charge on any atom is 0.303 e. The van der Waals surface area contributed by atoms with Crippen LogP contribution in [0.1, 0.15) is 13.8 Å². The van der Waals surface area contributed by atoms with Crippen LogP contribution >= 0.6 is 15.9 Å². The molecule has 5 heteroatoms. The van der Waals surface area contributed by atoms with Gasteiger partial charge in [-0.2, -0.15) is 0 Å². The van der Waals surface area contributed by atoms with Crippen molar-refractivity contribution < 1.29 is 14.3 Å². The van der Waals surface area contributed by atoms with Crippen LogP contribution in [0.2, 0.25) is 0 Å². The molecular weight excluding hydrogens is 274 g/mol. The van der Waals surface area contributed by atoms with E-state index in [9.17, 15) is 9.59 Å². The maximum absolute atomic E-state index is 11.6. The molecule has 0 heterocycles. The first-order valence-corrected chi connectivity index (χ1v) is 5.52. The van der Waals surface area contributed by atoms with Gasteiger partial charge in [-0.3, -0.25) is 9.59 Å². The summed E-state index contributed by atoms with van der Waals surface area (Å²) in [5, 5.41) is 2.64. The minimum Gasteiger partial charge on any atom is -0.453 e. The first kappa shape index (κ1) is 12.7. The minimum atomic E-state index is -0.795. The topological polar surface area (TPSA) is 55.4 Å². The molecule has 16 heavy (non-hydrogen) atoms. The third-order valence-electron chi connectivity index (χ3n) is 1.80. The molecule has 0 fully saturated rings. The lowest BCUT2D eigenvalue weighted by molar-refractivity contribution is -0.150. The molecule has 0 radical (unpaired) electrons. The van der Waals surface area contributed by atoms with E-state index in [4.69, 9.17) is 4.74 Å². The number of ether oxygens (including phenoxy) is 1. The van der Waals surface area contributed by atoms with Crippen LogP contribution in [-0.2, 0) is 14.3 Å². The van der Waals surface area contributed by atoms with Gasteiger partial charge in [0.15, 0.2) is 6.10 Å². The number of rotatable bonds is 3. The first-order valence-electron chi connectivity index (χ1n) is 4.72. The molecule has 0 aliphatic heterocycles. The van der Waals surface area contributed by atoms with Crippen molar-refractivity contribution in [2.24, 2.45) is 0 Å². The van der Waals surface area contributed by atoms with Gasteiger partial charge in [-0.1, -0.05) is 22.0 Å². The second-order valence-corrected chi connectivity index (χ2v) is 4.17. The summed E-state index contributed by atoms with van der Waals surface area (Å²) < 4.78 is 5.62. The summed E-state index contributed by atoms with van der Waals surface area (Å²) in [5.41, 5.74) is 0.651. The normalized spacial score (nSPS) is 11.7. The molecule has 1 aromatic carbocycles. The van der Waals surface area contributed by atoms with Crippen LogP contribution in [0, 0.1) is 0 Å². The summed E-state index contributed by atoms with van der Waals surface area (Å²) in [6.45, 7) is 2.79. The molecule has 1 amide bonds. The summed E-state index contributed by atoms with van der Waals surface area (Å²) in [6, 6.07) is 7.17. The third kappa shape index (κ3) is 4.02. The standard InChI is InChI=1S/C11H12BrNO3/c1-7(16-8(2)14)11(15)13-10-5-3-4-9(12)6-10/h3-7H,1-2H3,(H,13,15)/t7-/m1/s1. The Kier molecular flexibility index (Phi) is 4.49. The Labute approximate surface area is 102 Å². The molecule has 0 aliphatic carbocycles. The summed E-state index contributed by atoms with van der Waals surface area (Å²) in [4.78, 5) is 22.2. The molecule has 1 aromatic rings. The van der Waals surface area contributed by atoms with Crippen molar-refractivity contribution in [3.05, 3.63) is 28.7 Å². The van der Waals surface area contributed by atoms with E-state index in [0.717, 1.165) is 4.47 Å². The number of halogens is 1. The van der Waals surface area contributed by atoms with Crippen molar-refractivity contribution in [3.63, 3.8) is 0 Å². The maximum atomic E-state index is 11.6. The number of nitrogens with one attached hydrogen (secondary N) is 1. The molecule has 0 aromatic heterocycles. The highest BCUT2D eigenvalue weighted by Gasteiger charge is 2.15. The third-order valence-corrected chi connectivity index (χ3v) is 2.30. The number of hydrogen-bond acceptors (Lipinski definition) is 3. The van der Waals surface area contributed by atoms with E-state index < -0.39 is 12.1 Å². The van der Waals surface area contributed by atoms with E-state index in [1.165, 1.54) is 13.8 Å². The van der Waals surface area contributed by atoms with Gasteiger partial charge in [0, 0.05) is 17.1 Å². The van der Waals surface area contributed by atoms with Gasteiger partial charge in [-0.15, -0.1) is 0 Å². The average Bonchev–Trinajstić information content (AvgIpc) is 2.16. The number of benzene rings is 1. The summed E-state index contributed by atoms with van der Waals surface area (Å²) in [5.74, 6) is -0.829. The van der Waals surface area contributed by atoms with Crippen LogP contribution in [0.3, 0.4) is 0 Å². The number of hydrogen-bond donors (Lipinski definition) is 1. The van der Waals surface area contributed by atoms with Crippen LogP contribution in [0.4, 0.5) is 5.69 Å². The van der Waals surface area contributed by atoms with E-state index in [-0.39, 0.29) is 5.91 Å². The zero-order valence-corrected chi connectivity index (χ0v) is 10.6. The average molecular weight is 286 g/mol. The zero-order chi connectivity index (χ0) is 12.1. The quantitative estimate of drug-likeness (QED) is 0.868. The Morgan fingerprint density at radius 2 is 2.12 bits per heavy atom. The van der Waals surface area contributed by atoms with E-state index in [2.05, 4.69) is 21.2 Å². The van der Waals surface area contributed by atoms with Gasteiger partial charge < -0.3 is 10.1 Å². The molecule has 0 unspecified atom stereocenters. The van der Waals surface area contributed by atoms with Crippen LogP contribution < -0.4 is 5.32 Å². The fraction of sp³-hybridized carbons (Fsp3) is 0.273. The lowest BCUT2D eigenvalue weighted by Gasteiger charge is -2.12. The molecule has 0 spiro atoms. The van der Waals surface area contributed by atoms with Crippen LogP contribution in [-0.4, -0.2) is 18.0 Å². The first-order chi connectivity index (χ1) is 7.49. The fourth-order valence-electron chi connectivity index (χ4n) is 1.11. The van der Waals surface area contributed by atoms with Crippen molar-refractivity contribution in [2.45, 2.75) is 20.0 Å². The van der Waals surface area contributed by atoms with Crippen molar-refractivity contribution in [1.29, 1.82) is 0 Å². The van der Waals surface area contributed by atoms with Gasteiger partial charge in [0.2, 0.25) is 0 Å². The second kappa shape index (κ2) is 5.65. The van der Waals surface area contributed by atoms with Crippen molar-refractivity contribution >= 4 is 33.5 Å². The molecule has 0 saturated carbocycles. The van der Waals surface area contributed by atoms with E-state index in [1.807, 2.05) is 6.07 Å². The highest BCUT2D eigenvalue weighted by Crippen LogP contribution is 2.15. The van der Waals surface area contributed by atoms with Crippen LogP contribution in [0.5, 0.6) is 0 Å². The Morgan fingerprint density at radius 3 is 2.69 bits per heavy atom. The second-order valence-electron chi connectivity index (χ2n) is 3.25. The monoisotopic (exact) mass is 285 g/mol. The van der Waals surface area contributed by atoms with Gasteiger partial charge in [-0.05, 0) is 25.1 Å². The molecule has 0 aliphatic rings. The smallest absolute Gasteiger partial charge is 0.303 e. The summed E-state index contributed by atoms with van der Waals surface area (Å²) >= 11 is 3.29. The Balaban J connectivity index is 2.60. The van der Waals surface area contributed by atoms with Gasteiger partial charge in [0.05, 0.1) is 0 Å². The number of carbonyl (C=O) groups is 2. The summed E-state index contributed by atoms with van der Waals surface area (Å²) in [7, 11) is 0. The lowest BCUT2D eigenvalue weighted by Crippen LogP contribution is -2.29. The van der Waals surface area contributed by atoms with Crippen LogP contribution in [0.25, 0.3) is 0 Å². The van der Waals surface area contributed by atoms with Gasteiger partial charge >= 0.3 is 5.97 Å². The molecule has 1 N–H and O–H groups in total. The highest BCUT2D eigenvalue weighted by molar-refractivity contribution is 9.10. The van der Waals surface area contributed by atoms with Crippen molar-refractivity contribution in [1.82, 2.24) is 0 Å². The predicted octanol–water partition coefficient (Wildman–Crippen LogP) is 2.34.